The summed E-state index contributed by atoms with van der Waals surface area (Å²) in [6.45, 7) is 0. The molecule has 3 aromatic rings. The highest BCUT2D eigenvalue weighted by atomic mass is 35.5. The molecule has 2 aromatic carbocycles. The van der Waals surface area contributed by atoms with Gasteiger partial charge in [0.15, 0.2) is 17.3 Å². The number of ketones is 1. The summed E-state index contributed by atoms with van der Waals surface area (Å²) in [5.41, 5.74) is 4.17. The molecule has 3 atom stereocenters. The summed E-state index contributed by atoms with van der Waals surface area (Å²) in [6, 6.07) is 10.9. The first-order chi connectivity index (χ1) is 16.5. The smallest absolute Gasteiger partial charge is 0.176 e. The monoisotopic (exact) mass is 477 g/mol. The number of Topliss-reactive ketones (excluding diaryl/α,β-unsaturated/α-hetero) is 1. The van der Waals surface area contributed by atoms with Crippen LogP contribution in [0.25, 0.3) is 22.0 Å². The van der Waals surface area contributed by atoms with Crippen molar-refractivity contribution in [3.8, 4) is 22.6 Å². The fraction of sp³-hybridized carbons (Fsp3) is 0.407. The number of aromatic nitrogens is 1. The number of nitrogens with zero attached hydrogens (tertiary/aromatic N) is 1. The van der Waals surface area contributed by atoms with Crippen LogP contribution in [0.15, 0.2) is 36.5 Å². The lowest BCUT2D eigenvalue weighted by atomic mass is 9.96. The van der Waals surface area contributed by atoms with Gasteiger partial charge in [-0.15, -0.1) is 0 Å². The first-order valence-electron chi connectivity index (χ1n) is 12.1. The molecule has 6 rings (SSSR count). The van der Waals surface area contributed by atoms with Gasteiger partial charge < -0.3 is 20.5 Å². The third-order valence-corrected chi connectivity index (χ3v) is 7.77. The van der Waals surface area contributed by atoms with Gasteiger partial charge in [-0.1, -0.05) is 17.7 Å². The van der Waals surface area contributed by atoms with Crippen LogP contribution in [0.2, 0.25) is 5.02 Å². The molecule has 0 unspecified atom stereocenters. The van der Waals surface area contributed by atoms with Crippen molar-refractivity contribution in [3.63, 3.8) is 0 Å². The van der Waals surface area contributed by atoms with Gasteiger partial charge in [0.1, 0.15) is 0 Å². The van der Waals surface area contributed by atoms with E-state index in [0.29, 0.717) is 29.4 Å². The van der Waals surface area contributed by atoms with Crippen LogP contribution in [0, 0.1) is 5.92 Å². The van der Waals surface area contributed by atoms with Gasteiger partial charge in [-0.25, -0.2) is 0 Å². The second-order valence-corrected chi connectivity index (χ2v) is 10.3. The number of carbonyl (C=O) groups excluding carboxylic acids is 1. The van der Waals surface area contributed by atoms with E-state index in [1.807, 2.05) is 12.1 Å². The molecule has 3 N–H and O–H groups in total. The standard InChI is InChI=1S/C27H28ClN3O3/c1-34-24-10-16(9-22(28)27(24)33)15-4-7-23-20(8-15)25(21(13-29-23)26(32)14-2-3-14)31-19-11-17-5-6-18(12-19)30-17/h4,7-10,13-14,17-19,30,33H,2-3,5-6,11-12H2,1H3,(H,29,31)/t17-,18+,19-. The van der Waals surface area contributed by atoms with Crippen LogP contribution in [0.3, 0.4) is 0 Å². The maximum absolute atomic E-state index is 13.2. The summed E-state index contributed by atoms with van der Waals surface area (Å²) in [5, 5.41) is 18.8. The summed E-state index contributed by atoms with van der Waals surface area (Å²) in [5.74, 6) is 0.554. The van der Waals surface area contributed by atoms with Gasteiger partial charge in [0.05, 0.1) is 28.9 Å². The molecule has 2 bridgehead atoms. The third-order valence-electron chi connectivity index (χ3n) is 7.48. The number of phenols is 1. The lowest BCUT2D eigenvalue weighted by Gasteiger charge is -2.31. The van der Waals surface area contributed by atoms with E-state index in [1.165, 1.54) is 20.0 Å². The summed E-state index contributed by atoms with van der Waals surface area (Å²) in [7, 11) is 1.50. The fourth-order valence-corrected chi connectivity index (χ4v) is 5.77. The summed E-state index contributed by atoms with van der Waals surface area (Å²) >= 11 is 6.26. The van der Waals surface area contributed by atoms with Crippen LogP contribution in [0.1, 0.15) is 48.9 Å². The van der Waals surface area contributed by atoms with E-state index in [0.717, 1.165) is 53.4 Å². The Labute approximate surface area is 203 Å². The van der Waals surface area contributed by atoms with Crippen LogP contribution in [0.4, 0.5) is 5.69 Å². The average Bonchev–Trinajstić information content (AvgIpc) is 3.64. The van der Waals surface area contributed by atoms with E-state index in [4.69, 9.17) is 16.3 Å². The van der Waals surface area contributed by atoms with Gasteiger partial charge in [0.2, 0.25) is 0 Å². The number of anilines is 1. The molecule has 6 nitrogen and oxygen atoms in total. The minimum absolute atomic E-state index is 0.0735. The van der Waals surface area contributed by atoms with Crippen molar-refractivity contribution in [2.45, 2.75) is 56.7 Å². The molecule has 7 heteroatoms. The molecule has 3 fully saturated rings. The number of aromatic hydroxyl groups is 1. The second kappa shape index (κ2) is 8.43. The lowest BCUT2D eigenvalue weighted by molar-refractivity contribution is 0.0968. The largest absolute Gasteiger partial charge is 0.503 e. The van der Waals surface area contributed by atoms with Crippen molar-refractivity contribution in [2.24, 2.45) is 5.92 Å². The van der Waals surface area contributed by atoms with Crippen LogP contribution in [-0.4, -0.2) is 41.1 Å². The van der Waals surface area contributed by atoms with E-state index in [9.17, 15) is 9.90 Å². The molecule has 176 valence electrons. The maximum atomic E-state index is 13.2. The number of methoxy groups -OCH3 is 1. The highest BCUT2D eigenvalue weighted by Gasteiger charge is 2.36. The summed E-state index contributed by atoms with van der Waals surface area (Å²) in [6.07, 6.45) is 8.23. The third kappa shape index (κ3) is 3.89. The Morgan fingerprint density at radius 1 is 1.12 bits per heavy atom. The molecule has 2 aliphatic heterocycles. The number of halogens is 1. The molecule has 1 aliphatic carbocycles. The van der Waals surface area contributed by atoms with Gasteiger partial charge in [-0.2, -0.15) is 0 Å². The van der Waals surface area contributed by atoms with Crippen molar-refractivity contribution in [2.75, 3.05) is 12.4 Å². The zero-order chi connectivity index (χ0) is 23.4. The van der Waals surface area contributed by atoms with Crippen LogP contribution in [-0.2, 0) is 0 Å². The number of nitrogens with one attached hydrogen (secondary N) is 2. The van der Waals surface area contributed by atoms with E-state index in [2.05, 4.69) is 21.7 Å². The normalized spacial score (nSPS) is 23.8. The summed E-state index contributed by atoms with van der Waals surface area (Å²) < 4.78 is 5.30. The molecule has 0 spiro atoms. The number of rotatable bonds is 6. The molecule has 1 saturated carbocycles. The van der Waals surface area contributed by atoms with Crippen molar-refractivity contribution in [1.82, 2.24) is 10.3 Å². The first-order valence-corrected chi connectivity index (χ1v) is 12.4. The highest BCUT2D eigenvalue weighted by Crippen LogP contribution is 2.41. The second-order valence-electron chi connectivity index (χ2n) is 9.88. The minimum atomic E-state index is -0.0735. The Kier molecular flexibility index (Phi) is 5.38. The van der Waals surface area contributed by atoms with E-state index >= 15 is 0 Å². The van der Waals surface area contributed by atoms with Crippen LogP contribution < -0.4 is 15.4 Å². The zero-order valence-corrected chi connectivity index (χ0v) is 19.9. The number of ether oxygens (including phenoxy) is 1. The number of carbonyl (C=O) groups is 1. The number of pyridine rings is 1. The molecule has 0 radical (unpaired) electrons. The molecule has 34 heavy (non-hydrogen) atoms. The predicted molar refractivity (Wildman–Crippen MR) is 134 cm³/mol. The Hall–Kier alpha value is -2.83. The summed E-state index contributed by atoms with van der Waals surface area (Å²) in [4.78, 5) is 17.9. The Morgan fingerprint density at radius 2 is 1.88 bits per heavy atom. The maximum Gasteiger partial charge on any atom is 0.176 e. The number of hydrogen-bond acceptors (Lipinski definition) is 6. The fourth-order valence-electron chi connectivity index (χ4n) is 5.56. The Bertz CT molecular complexity index is 1280. The average molecular weight is 478 g/mol. The van der Waals surface area contributed by atoms with Gasteiger partial charge in [0, 0.05) is 35.6 Å². The van der Waals surface area contributed by atoms with Gasteiger partial charge in [0.25, 0.3) is 0 Å². The number of phenolic OH excluding ortho intramolecular Hbond substituents is 1. The van der Waals surface area contributed by atoms with Crippen molar-refractivity contribution < 1.29 is 14.6 Å². The predicted octanol–water partition coefficient (Wildman–Crippen LogP) is 5.56. The van der Waals surface area contributed by atoms with E-state index in [1.54, 1.807) is 18.3 Å². The zero-order valence-electron chi connectivity index (χ0n) is 19.1. The first kappa shape index (κ1) is 21.7. The van der Waals surface area contributed by atoms with Gasteiger partial charge >= 0.3 is 0 Å². The van der Waals surface area contributed by atoms with Gasteiger partial charge in [-0.05, 0) is 73.9 Å². The van der Waals surface area contributed by atoms with Crippen molar-refractivity contribution in [3.05, 3.63) is 47.1 Å². The van der Waals surface area contributed by atoms with E-state index < -0.39 is 0 Å². The molecule has 3 aliphatic rings. The van der Waals surface area contributed by atoms with Crippen LogP contribution >= 0.6 is 11.6 Å². The SMILES string of the molecule is COc1cc(-c2ccc3ncc(C(=O)C4CC4)c(N[C@@H]4C[C@H]5CC[C@@H](C4)N5)c3c2)cc(Cl)c1O. The van der Waals surface area contributed by atoms with Crippen molar-refractivity contribution >= 4 is 34.0 Å². The number of fused-ring (bicyclic) bond motifs is 3. The number of benzene rings is 2. The molecule has 3 heterocycles. The van der Waals surface area contributed by atoms with Crippen molar-refractivity contribution in [1.29, 1.82) is 0 Å². The van der Waals surface area contributed by atoms with Crippen LogP contribution in [0.5, 0.6) is 11.5 Å². The molecular formula is C27H28ClN3O3. The molecule has 1 aromatic heterocycles. The highest BCUT2D eigenvalue weighted by molar-refractivity contribution is 6.32. The topological polar surface area (TPSA) is 83.5 Å². The molecule has 0 amide bonds. The lowest BCUT2D eigenvalue weighted by Crippen LogP contribution is -2.43. The van der Waals surface area contributed by atoms with Gasteiger partial charge in [-0.3, -0.25) is 9.78 Å². The Morgan fingerprint density at radius 3 is 2.59 bits per heavy atom. The molecular weight excluding hydrogens is 450 g/mol. The minimum Gasteiger partial charge on any atom is -0.503 e. The molecule has 2 saturated heterocycles. The number of piperidine rings is 1. The quantitative estimate of drug-likeness (QED) is 0.403. The van der Waals surface area contributed by atoms with E-state index in [-0.39, 0.29) is 22.5 Å². The Balaban J connectivity index is 1.46. The number of hydrogen-bond donors (Lipinski definition) is 3.